The highest BCUT2D eigenvalue weighted by molar-refractivity contribution is 5.78. The number of benzene rings is 1. The summed E-state index contributed by atoms with van der Waals surface area (Å²) in [4.78, 5) is 16.5. The van der Waals surface area contributed by atoms with Gasteiger partial charge in [-0.25, -0.2) is 0 Å². The van der Waals surface area contributed by atoms with Gasteiger partial charge in [0.25, 0.3) is 0 Å². The van der Waals surface area contributed by atoms with Gasteiger partial charge >= 0.3 is 5.97 Å². The molecule has 3 atom stereocenters. The largest absolute Gasteiger partial charge is 0.508 e. The lowest BCUT2D eigenvalue weighted by atomic mass is 9.92. The standard InChI is InChI=1S/C20H23NO3/c1-4-24-19(23)13(2)15-11-14(8-9-17(15)22)16-12-20(16,3)18-7-5-6-10-21-18/h5-11,13,16,22H,4,12H2,1-3H3. The van der Waals surface area contributed by atoms with Gasteiger partial charge in [-0.15, -0.1) is 0 Å². The van der Waals surface area contributed by atoms with Crippen molar-refractivity contribution in [2.75, 3.05) is 6.61 Å². The molecule has 0 amide bonds. The van der Waals surface area contributed by atoms with Gasteiger partial charge in [0, 0.05) is 22.9 Å². The van der Waals surface area contributed by atoms with E-state index in [0.717, 1.165) is 17.7 Å². The van der Waals surface area contributed by atoms with Crippen molar-refractivity contribution in [3.63, 3.8) is 0 Å². The number of hydrogen-bond acceptors (Lipinski definition) is 4. The lowest BCUT2D eigenvalue weighted by Crippen LogP contribution is -2.13. The molecular weight excluding hydrogens is 302 g/mol. The zero-order valence-electron chi connectivity index (χ0n) is 14.3. The number of carbonyl (C=O) groups excluding carboxylic acids is 1. The predicted molar refractivity (Wildman–Crippen MR) is 92.1 cm³/mol. The maximum atomic E-state index is 12.0. The van der Waals surface area contributed by atoms with Crippen LogP contribution in [-0.2, 0) is 14.9 Å². The fraction of sp³-hybridized carbons (Fsp3) is 0.400. The van der Waals surface area contributed by atoms with E-state index < -0.39 is 5.92 Å². The number of esters is 1. The summed E-state index contributed by atoms with van der Waals surface area (Å²) in [6, 6.07) is 11.5. The predicted octanol–water partition coefficient (Wildman–Crippen LogP) is 3.90. The van der Waals surface area contributed by atoms with E-state index in [1.54, 1.807) is 19.9 Å². The number of phenolic OH excluding ortho intramolecular Hbond substituents is 1. The van der Waals surface area contributed by atoms with Gasteiger partial charge in [0.2, 0.25) is 0 Å². The smallest absolute Gasteiger partial charge is 0.313 e. The van der Waals surface area contributed by atoms with Crippen molar-refractivity contribution in [3.8, 4) is 5.75 Å². The number of phenols is 1. The van der Waals surface area contributed by atoms with Crippen LogP contribution < -0.4 is 0 Å². The van der Waals surface area contributed by atoms with Crippen LogP contribution in [0.15, 0.2) is 42.6 Å². The van der Waals surface area contributed by atoms with E-state index in [1.165, 1.54) is 0 Å². The highest BCUT2D eigenvalue weighted by atomic mass is 16.5. The summed E-state index contributed by atoms with van der Waals surface area (Å²) in [5.41, 5.74) is 2.86. The lowest BCUT2D eigenvalue weighted by molar-refractivity contribution is -0.144. The summed E-state index contributed by atoms with van der Waals surface area (Å²) < 4.78 is 5.08. The summed E-state index contributed by atoms with van der Waals surface area (Å²) in [6.45, 7) is 6.09. The van der Waals surface area contributed by atoms with Crippen LogP contribution in [0.1, 0.15) is 55.8 Å². The van der Waals surface area contributed by atoms with Gasteiger partial charge in [-0.1, -0.05) is 25.1 Å². The highest BCUT2D eigenvalue weighted by Crippen LogP contribution is 2.60. The first-order chi connectivity index (χ1) is 11.5. The average molecular weight is 325 g/mol. The number of carbonyl (C=O) groups is 1. The number of aromatic nitrogens is 1. The monoisotopic (exact) mass is 325 g/mol. The Morgan fingerprint density at radius 3 is 2.88 bits per heavy atom. The summed E-state index contributed by atoms with van der Waals surface area (Å²) in [7, 11) is 0. The number of rotatable bonds is 5. The lowest BCUT2D eigenvalue weighted by Gasteiger charge is -2.15. The maximum absolute atomic E-state index is 12.0. The number of nitrogens with zero attached hydrogens (tertiary/aromatic N) is 1. The minimum atomic E-state index is -0.482. The molecule has 1 fully saturated rings. The third-order valence-electron chi connectivity index (χ3n) is 5.05. The van der Waals surface area contributed by atoms with Crippen molar-refractivity contribution in [3.05, 3.63) is 59.4 Å². The van der Waals surface area contributed by atoms with Crippen LogP contribution in [0.3, 0.4) is 0 Å². The fourth-order valence-corrected chi connectivity index (χ4v) is 3.37. The van der Waals surface area contributed by atoms with Gasteiger partial charge in [-0.05, 0) is 49.9 Å². The van der Waals surface area contributed by atoms with Crippen LogP contribution in [-0.4, -0.2) is 22.7 Å². The summed E-state index contributed by atoms with van der Waals surface area (Å²) in [5, 5.41) is 10.2. The van der Waals surface area contributed by atoms with E-state index >= 15 is 0 Å². The van der Waals surface area contributed by atoms with Crippen LogP contribution in [0.25, 0.3) is 0 Å². The Balaban J connectivity index is 1.87. The van der Waals surface area contributed by atoms with Crippen LogP contribution in [0.2, 0.25) is 0 Å². The van der Waals surface area contributed by atoms with Gasteiger partial charge in [0.05, 0.1) is 12.5 Å². The molecule has 0 saturated heterocycles. The second-order valence-electron chi connectivity index (χ2n) is 6.68. The van der Waals surface area contributed by atoms with Gasteiger partial charge in [0.1, 0.15) is 5.75 Å². The van der Waals surface area contributed by atoms with Gasteiger partial charge < -0.3 is 9.84 Å². The molecule has 2 aromatic rings. The van der Waals surface area contributed by atoms with Crippen LogP contribution in [0.5, 0.6) is 5.75 Å². The van der Waals surface area contributed by atoms with E-state index in [0.29, 0.717) is 18.1 Å². The first-order valence-electron chi connectivity index (χ1n) is 8.38. The van der Waals surface area contributed by atoms with Gasteiger partial charge in [0.15, 0.2) is 0 Å². The Hall–Kier alpha value is -2.36. The van der Waals surface area contributed by atoms with Crippen LogP contribution in [0, 0.1) is 0 Å². The molecule has 24 heavy (non-hydrogen) atoms. The number of ether oxygens (including phenoxy) is 1. The Bertz CT molecular complexity index is 744. The Labute approximate surface area is 142 Å². The zero-order chi connectivity index (χ0) is 17.3. The maximum Gasteiger partial charge on any atom is 0.313 e. The van der Waals surface area contributed by atoms with E-state index in [1.807, 2.05) is 30.5 Å². The Morgan fingerprint density at radius 2 is 2.21 bits per heavy atom. The number of pyridine rings is 1. The van der Waals surface area contributed by atoms with Gasteiger partial charge in [-0.2, -0.15) is 0 Å². The van der Waals surface area contributed by atoms with Gasteiger partial charge in [-0.3, -0.25) is 9.78 Å². The van der Waals surface area contributed by atoms with E-state index in [9.17, 15) is 9.90 Å². The summed E-state index contributed by atoms with van der Waals surface area (Å²) in [5.74, 6) is -0.307. The molecule has 0 bridgehead atoms. The Morgan fingerprint density at radius 1 is 1.42 bits per heavy atom. The summed E-state index contributed by atoms with van der Waals surface area (Å²) >= 11 is 0. The second kappa shape index (κ2) is 6.27. The molecule has 4 nitrogen and oxygen atoms in total. The third-order valence-corrected chi connectivity index (χ3v) is 5.05. The van der Waals surface area contributed by atoms with Crippen molar-refractivity contribution in [2.45, 2.75) is 44.4 Å². The summed E-state index contributed by atoms with van der Waals surface area (Å²) in [6.07, 6.45) is 2.84. The van der Waals surface area contributed by atoms with Crippen molar-refractivity contribution >= 4 is 5.97 Å². The van der Waals surface area contributed by atoms with Crippen molar-refractivity contribution in [2.24, 2.45) is 0 Å². The minimum absolute atomic E-state index is 0.0165. The first-order valence-corrected chi connectivity index (χ1v) is 8.38. The molecule has 1 saturated carbocycles. The molecular formula is C20H23NO3. The molecule has 1 aliphatic rings. The average Bonchev–Trinajstić information content (AvgIpc) is 3.29. The van der Waals surface area contributed by atoms with Crippen molar-refractivity contribution in [1.29, 1.82) is 0 Å². The molecule has 1 aromatic carbocycles. The minimum Gasteiger partial charge on any atom is -0.508 e. The third kappa shape index (κ3) is 2.88. The molecule has 1 N–H and O–H groups in total. The molecule has 4 heteroatoms. The molecule has 0 aliphatic heterocycles. The first kappa shape index (κ1) is 16.5. The van der Waals surface area contributed by atoms with Crippen molar-refractivity contribution in [1.82, 2.24) is 4.98 Å². The van der Waals surface area contributed by atoms with Crippen LogP contribution >= 0.6 is 0 Å². The second-order valence-corrected chi connectivity index (χ2v) is 6.68. The zero-order valence-corrected chi connectivity index (χ0v) is 14.3. The number of hydrogen-bond donors (Lipinski definition) is 1. The Kier molecular flexibility index (Phi) is 4.31. The molecule has 1 aliphatic carbocycles. The molecule has 1 aromatic heterocycles. The quantitative estimate of drug-likeness (QED) is 0.847. The highest BCUT2D eigenvalue weighted by Gasteiger charge is 2.53. The molecule has 0 radical (unpaired) electrons. The van der Waals surface area contributed by atoms with E-state index in [4.69, 9.17) is 4.74 Å². The van der Waals surface area contributed by atoms with E-state index in [2.05, 4.69) is 18.0 Å². The molecule has 3 rings (SSSR count). The molecule has 1 heterocycles. The normalized spacial score (nSPS) is 23.5. The van der Waals surface area contributed by atoms with E-state index in [-0.39, 0.29) is 17.1 Å². The molecule has 0 spiro atoms. The SMILES string of the molecule is CCOC(=O)C(C)c1cc(C2CC2(C)c2ccccn2)ccc1O. The fourth-order valence-electron chi connectivity index (χ4n) is 3.37. The van der Waals surface area contributed by atoms with Crippen LogP contribution in [0.4, 0.5) is 0 Å². The topological polar surface area (TPSA) is 59.4 Å². The number of aromatic hydroxyl groups is 1. The van der Waals surface area contributed by atoms with Crippen molar-refractivity contribution < 1.29 is 14.6 Å². The molecule has 126 valence electrons. The molecule has 3 unspecified atom stereocenters.